The van der Waals surface area contributed by atoms with Crippen LogP contribution in [0.15, 0.2) is 39.8 Å². The van der Waals surface area contributed by atoms with Crippen molar-refractivity contribution in [2.75, 3.05) is 5.32 Å². The van der Waals surface area contributed by atoms with Crippen molar-refractivity contribution in [3.8, 4) is 0 Å². The summed E-state index contributed by atoms with van der Waals surface area (Å²) in [7, 11) is -3.96. The molecule has 0 aromatic carbocycles. The van der Waals surface area contributed by atoms with Crippen molar-refractivity contribution >= 4 is 21.7 Å². The summed E-state index contributed by atoms with van der Waals surface area (Å²) < 4.78 is 26.9. The number of nitrogens with zero attached hydrogens (tertiary/aromatic N) is 1. The number of nitrogens with two attached hydrogens (primary N) is 1. The van der Waals surface area contributed by atoms with Gasteiger partial charge in [0.1, 0.15) is 5.82 Å². The van der Waals surface area contributed by atoms with Gasteiger partial charge in [-0.25, -0.2) is 18.5 Å². The Kier molecular flexibility index (Phi) is 3.36. The molecule has 2 rings (SSSR count). The highest BCUT2D eigenvalue weighted by Crippen LogP contribution is 2.14. The van der Waals surface area contributed by atoms with Crippen molar-refractivity contribution in [3.05, 3.63) is 41.8 Å². The molecular formula is C11H11N3O4S. The third-order valence-corrected chi connectivity index (χ3v) is 3.00. The average molecular weight is 281 g/mol. The molecule has 100 valence electrons. The second-order valence-corrected chi connectivity index (χ2v) is 5.27. The summed E-state index contributed by atoms with van der Waals surface area (Å²) in [4.78, 5) is 15.9. The molecule has 2 aromatic heterocycles. The van der Waals surface area contributed by atoms with E-state index in [4.69, 9.17) is 9.56 Å². The molecule has 0 saturated heterocycles. The number of carbonyl (C=O) groups is 1. The van der Waals surface area contributed by atoms with Crippen molar-refractivity contribution in [1.82, 2.24) is 4.98 Å². The highest BCUT2D eigenvalue weighted by atomic mass is 32.2. The van der Waals surface area contributed by atoms with Crippen LogP contribution in [0.5, 0.6) is 0 Å². The minimum Gasteiger partial charge on any atom is -0.438 e. The lowest BCUT2D eigenvalue weighted by molar-refractivity contribution is 0.0991. The number of hydrogen-bond donors (Lipinski definition) is 2. The monoisotopic (exact) mass is 281 g/mol. The van der Waals surface area contributed by atoms with Gasteiger partial charge >= 0.3 is 0 Å². The van der Waals surface area contributed by atoms with E-state index in [2.05, 4.69) is 10.3 Å². The van der Waals surface area contributed by atoms with E-state index < -0.39 is 21.0 Å². The highest BCUT2D eigenvalue weighted by molar-refractivity contribution is 7.89. The molecule has 0 unspecified atom stereocenters. The van der Waals surface area contributed by atoms with Gasteiger partial charge in [0, 0.05) is 5.69 Å². The molecule has 0 fully saturated rings. The maximum Gasteiger partial charge on any atom is 0.292 e. The molecule has 2 heterocycles. The molecule has 19 heavy (non-hydrogen) atoms. The normalized spacial score (nSPS) is 11.3. The smallest absolute Gasteiger partial charge is 0.292 e. The van der Waals surface area contributed by atoms with Crippen molar-refractivity contribution < 1.29 is 17.6 Å². The first-order valence-electron chi connectivity index (χ1n) is 5.24. The minimum absolute atomic E-state index is 0.160. The first-order chi connectivity index (χ1) is 8.86. The maximum atomic E-state index is 11.8. The lowest BCUT2D eigenvalue weighted by atomic mass is 10.3. The SMILES string of the molecule is Cc1cccc(NC(=O)c2ccc(S(N)(=O)=O)o2)n1. The third kappa shape index (κ3) is 3.18. The average Bonchev–Trinajstić information content (AvgIpc) is 2.77. The number of pyridine rings is 1. The van der Waals surface area contributed by atoms with Crippen LogP contribution in [0.1, 0.15) is 16.2 Å². The first kappa shape index (κ1) is 13.2. The van der Waals surface area contributed by atoms with Crippen LogP contribution in [-0.2, 0) is 10.0 Å². The van der Waals surface area contributed by atoms with Gasteiger partial charge < -0.3 is 9.73 Å². The van der Waals surface area contributed by atoms with Crippen LogP contribution < -0.4 is 10.5 Å². The van der Waals surface area contributed by atoms with Crippen LogP contribution >= 0.6 is 0 Å². The van der Waals surface area contributed by atoms with Gasteiger partial charge in [0.15, 0.2) is 5.76 Å². The second kappa shape index (κ2) is 4.82. The Labute approximate surface area is 109 Å². The summed E-state index contributed by atoms with van der Waals surface area (Å²) in [5.41, 5.74) is 0.738. The highest BCUT2D eigenvalue weighted by Gasteiger charge is 2.17. The fraction of sp³-hybridized carbons (Fsp3) is 0.0909. The number of amides is 1. The molecule has 8 heteroatoms. The lowest BCUT2D eigenvalue weighted by Gasteiger charge is -2.02. The van der Waals surface area contributed by atoms with Gasteiger partial charge in [-0.1, -0.05) is 6.07 Å². The van der Waals surface area contributed by atoms with E-state index in [1.807, 2.05) is 0 Å². The Balaban J connectivity index is 2.19. The summed E-state index contributed by atoms with van der Waals surface area (Å²) in [5.74, 6) is -0.418. The van der Waals surface area contributed by atoms with E-state index in [9.17, 15) is 13.2 Å². The Morgan fingerprint density at radius 1 is 1.32 bits per heavy atom. The number of sulfonamides is 1. The summed E-state index contributed by atoms with van der Waals surface area (Å²) in [5, 5.41) is 6.90. The number of aromatic nitrogens is 1. The van der Waals surface area contributed by atoms with Gasteiger partial charge in [0.05, 0.1) is 0 Å². The molecule has 0 aliphatic heterocycles. The quantitative estimate of drug-likeness (QED) is 0.866. The van der Waals surface area contributed by atoms with Crippen LogP contribution in [-0.4, -0.2) is 19.3 Å². The molecule has 0 radical (unpaired) electrons. The van der Waals surface area contributed by atoms with Crippen molar-refractivity contribution in [1.29, 1.82) is 0 Å². The Bertz CT molecular complexity index is 721. The molecule has 0 atom stereocenters. The van der Waals surface area contributed by atoms with E-state index in [1.165, 1.54) is 6.07 Å². The Morgan fingerprint density at radius 2 is 2.05 bits per heavy atom. The summed E-state index contributed by atoms with van der Waals surface area (Å²) in [6, 6.07) is 7.46. The van der Waals surface area contributed by atoms with Crippen LogP contribution in [0.3, 0.4) is 0 Å². The van der Waals surface area contributed by atoms with E-state index in [1.54, 1.807) is 25.1 Å². The minimum atomic E-state index is -3.96. The second-order valence-electron chi connectivity index (χ2n) is 3.78. The largest absolute Gasteiger partial charge is 0.438 e. The van der Waals surface area contributed by atoms with Crippen LogP contribution in [0.2, 0.25) is 0 Å². The van der Waals surface area contributed by atoms with E-state index in [0.717, 1.165) is 11.8 Å². The predicted octanol–water partition coefficient (Wildman–Crippen LogP) is 0.883. The van der Waals surface area contributed by atoms with Crippen LogP contribution in [0.25, 0.3) is 0 Å². The number of carbonyl (C=O) groups excluding carboxylic acids is 1. The summed E-state index contributed by atoms with van der Waals surface area (Å²) >= 11 is 0. The molecule has 0 bridgehead atoms. The third-order valence-electron chi connectivity index (χ3n) is 2.22. The van der Waals surface area contributed by atoms with Gasteiger partial charge in [0.2, 0.25) is 5.09 Å². The molecule has 0 saturated carbocycles. The topological polar surface area (TPSA) is 115 Å². The molecule has 7 nitrogen and oxygen atoms in total. The Hall–Kier alpha value is -2.19. The summed E-state index contributed by atoms with van der Waals surface area (Å²) in [6.45, 7) is 1.78. The maximum absolute atomic E-state index is 11.8. The molecule has 0 spiro atoms. The van der Waals surface area contributed by atoms with E-state index in [-0.39, 0.29) is 5.76 Å². The lowest BCUT2D eigenvalue weighted by Crippen LogP contribution is -2.13. The molecule has 0 aliphatic rings. The number of hydrogen-bond acceptors (Lipinski definition) is 5. The first-order valence-corrected chi connectivity index (χ1v) is 6.78. The zero-order chi connectivity index (χ0) is 14.0. The van der Waals surface area contributed by atoms with Gasteiger partial charge in [-0.2, -0.15) is 0 Å². The van der Waals surface area contributed by atoms with Gasteiger partial charge in [0.25, 0.3) is 15.9 Å². The zero-order valence-electron chi connectivity index (χ0n) is 9.95. The Morgan fingerprint density at radius 3 is 2.63 bits per heavy atom. The molecule has 1 amide bonds. The zero-order valence-corrected chi connectivity index (χ0v) is 10.8. The van der Waals surface area contributed by atoms with Crippen LogP contribution in [0.4, 0.5) is 5.82 Å². The number of aryl methyl sites for hydroxylation is 1. The van der Waals surface area contributed by atoms with Gasteiger partial charge in [-0.15, -0.1) is 0 Å². The number of primary sulfonamides is 1. The van der Waals surface area contributed by atoms with Gasteiger partial charge in [-0.05, 0) is 31.2 Å². The standard InChI is InChI=1S/C11H11N3O4S/c1-7-3-2-4-9(13-7)14-11(15)8-5-6-10(18-8)19(12,16)17/h2-6H,1H3,(H2,12,16,17)(H,13,14,15). The van der Waals surface area contributed by atoms with Crippen molar-refractivity contribution in [2.45, 2.75) is 12.0 Å². The summed E-state index contributed by atoms with van der Waals surface area (Å²) in [6.07, 6.45) is 0. The number of nitrogens with one attached hydrogen (secondary N) is 1. The van der Waals surface area contributed by atoms with Crippen molar-refractivity contribution in [3.63, 3.8) is 0 Å². The van der Waals surface area contributed by atoms with Crippen LogP contribution in [0, 0.1) is 6.92 Å². The number of anilines is 1. The van der Waals surface area contributed by atoms with E-state index >= 15 is 0 Å². The number of rotatable bonds is 3. The molecule has 0 aliphatic carbocycles. The van der Waals surface area contributed by atoms with E-state index in [0.29, 0.717) is 5.82 Å². The predicted molar refractivity (Wildman–Crippen MR) is 67.0 cm³/mol. The van der Waals surface area contributed by atoms with Gasteiger partial charge in [-0.3, -0.25) is 4.79 Å². The fourth-order valence-corrected chi connectivity index (χ4v) is 1.85. The fourth-order valence-electron chi connectivity index (χ4n) is 1.39. The molecule has 2 aromatic rings. The molecule has 3 N–H and O–H groups in total. The van der Waals surface area contributed by atoms with Crippen molar-refractivity contribution in [2.24, 2.45) is 5.14 Å². The number of furan rings is 1. The molecular weight excluding hydrogens is 270 g/mol.